The Kier molecular flexibility index (Phi) is 2.32. The van der Waals surface area contributed by atoms with Crippen molar-refractivity contribution < 1.29 is 8.42 Å². The summed E-state index contributed by atoms with van der Waals surface area (Å²) in [4.78, 5) is 0. The van der Waals surface area contributed by atoms with Crippen molar-refractivity contribution >= 4 is 10.0 Å². The van der Waals surface area contributed by atoms with Gasteiger partial charge in [0.1, 0.15) is 0 Å². The smallest absolute Gasteiger partial charge is 0.259 e. The van der Waals surface area contributed by atoms with Crippen LogP contribution in [-0.2, 0) is 10.0 Å². The van der Waals surface area contributed by atoms with Gasteiger partial charge in [0.25, 0.3) is 10.0 Å². The molecule has 1 unspecified atom stereocenters. The predicted octanol–water partition coefficient (Wildman–Crippen LogP) is 0.440. The molecular weight excluding hydrogens is 202 g/mol. The Hall–Kier alpha value is -0.880. The van der Waals surface area contributed by atoms with Crippen LogP contribution in [0.4, 0.5) is 0 Å². The minimum Gasteiger partial charge on any atom is -0.266 e. The standard InChI is InChI=1S/C8H13N3O2S/c1-7-3-5-11(6-7)14(12,13)8-2-4-9-10-8/h2,4,7H,3,5-6H2,1H3,(H,9,10). The molecule has 2 heterocycles. The van der Waals surface area contributed by atoms with Gasteiger partial charge in [-0.05, 0) is 18.4 Å². The van der Waals surface area contributed by atoms with Gasteiger partial charge in [0.05, 0.1) is 6.20 Å². The number of nitrogens with zero attached hydrogens (tertiary/aromatic N) is 2. The second-order valence-corrected chi connectivity index (χ2v) is 5.58. The Morgan fingerprint density at radius 1 is 1.64 bits per heavy atom. The lowest BCUT2D eigenvalue weighted by molar-refractivity contribution is 0.461. The van der Waals surface area contributed by atoms with Crippen LogP contribution in [0.25, 0.3) is 0 Å². The fraction of sp³-hybridized carbons (Fsp3) is 0.625. The topological polar surface area (TPSA) is 66.1 Å². The van der Waals surface area contributed by atoms with Crippen LogP contribution in [-0.4, -0.2) is 36.0 Å². The average molecular weight is 215 g/mol. The first-order valence-electron chi connectivity index (χ1n) is 4.60. The maximum atomic E-state index is 11.9. The van der Waals surface area contributed by atoms with E-state index in [1.54, 1.807) is 0 Å². The largest absolute Gasteiger partial charge is 0.266 e. The van der Waals surface area contributed by atoms with Crippen LogP contribution in [0.3, 0.4) is 0 Å². The van der Waals surface area contributed by atoms with Crippen LogP contribution in [0.5, 0.6) is 0 Å². The van der Waals surface area contributed by atoms with Crippen molar-refractivity contribution in [3.05, 3.63) is 12.3 Å². The molecule has 1 aromatic rings. The molecule has 1 N–H and O–H groups in total. The van der Waals surface area contributed by atoms with E-state index < -0.39 is 10.0 Å². The Morgan fingerprint density at radius 2 is 2.43 bits per heavy atom. The van der Waals surface area contributed by atoms with Gasteiger partial charge in [-0.3, -0.25) is 5.10 Å². The van der Waals surface area contributed by atoms with E-state index in [0.717, 1.165) is 6.42 Å². The SMILES string of the molecule is CC1CCN(S(=O)(=O)c2ccn[nH]2)C1. The van der Waals surface area contributed by atoms with Crippen LogP contribution < -0.4 is 0 Å². The van der Waals surface area contributed by atoms with Gasteiger partial charge < -0.3 is 0 Å². The first-order valence-corrected chi connectivity index (χ1v) is 6.04. The molecule has 1 atom stereocenters. The summed E-state index contributed by atoms with van der Waals surface area (Å²) in [7, 11) is -3.31. The molecule has 1 aromatic heterocycles. The summed E-state index contributed by atoms with van der Waals surface area (Å²) in [6, 6.07) is 1.48. The molecule has 0 saturated carbocycles. The van der Waals surface area contributed by atoms with Crippen LogP contribution in [0.2, 0.25) is 0 Å². The molecule has 1 aliphatic heterocycles. The van der Waals surface area contributed by atoms with E-state index in [1.165, 1.54) is 16.6 Å². The number of aromatic nitrogens is 2. The molecule has 0 aromatic carbocycles. The van der Waals surface area contributed by atoms with Crippen molar-refractivity contribution in [2.45, 2.75) is 18.4 Å². The van der Waals surface area contributed by atoms with Crippen LogP contribution >= 0.6 is 0 Å². The molecule has 0 amide bonds. The number of H-pyrrole nitrogens is 1. The lowest BCUT2D eigenvalue weighted by atomic mass is 10.2. The van der Waals surface area contributed by atoms with Crippen molar-refractivity contribution in [1.82, 2.24) is 14.5 Å². The average Bonchev–Trinajstić information content (AvgIpc) is 2.72. The second-order valence-electron chi connectivity index (χ2n) is 3.68. The van der Waals surface area contributed by atoms with E-state index >= 15 is 0 Å². The molecule has 0 spiro atoms. The zero-order chi connectivity index (χ0) is 10.2. The minimum atomic E-state index is -3.31. The number of aromatic amines is 1. The van der Waals surface area contributed by atoms with E-state index in [2.05, 4.69) is 17.1 Å². The molecule has 6 heteroatoms. The quantitative estimate of drug-likeness (QED) is 0.778. The monoisotopic (exact) mass is 215 g/mol. The van der Waals surface area contributed by atoms with Gasteiger partial charge in [0.2, 0.25) is 0 Å². The summed E-state index contributed by atoms with van der Waals surface area (Å²) in [5, 5.41) is 6.32. The molecule has 1 fully saturated rings. The molecular formula is C8H13N3O2S. The number of rotatable bonds is 2. The van der Waals surface area contributed by atoms with E-state index in [-0.39, 0.29) is 5.03 Å². The highest BCUT2D eigenvalue weighted by Gasteiger charge is 2.31. The van der Waals surface area contributed by atoms with E-state index in [9.17, 15) is 8.42 Å². The van der Waals surface area contributed by atoms with Crippen molar-refractivity contribution in [2.75, 3.05) is 13.1 Å². The van der Waals surface area contributed by atoms with E-state index in [4.69, 9.17) is 0 Å². The molecule has 78 valence electrons. The van der Waals surface area contributed by atoms with Crippen molar-refractivity contribution in [3.8, 4) is 0 Å². The van der Waals surface area contributed by atoms with Crippen LogP contribution in [0.1, 0.15) is 13.3 Å². The fourth-order valence-corrected chi connectivity index (χ4v) is 3.11. The maximum Gasteiger partial charge on any atom is 0.259 e. The Labute approximate surface area is 83.2 Å². The van der Waals surface area contributed by atoms with Gasteiger partial charge in [0.15, 0.2) is 5.03 Å². The number of nitrogens with one attached hydrogen (secondary N) is 1. The fourth-order valence-electron chi connectivity index (χ4n) is 1.64. The summed E-state index contributed by atoms with van der Waals surface area (Å²) in [6.07, 6.45) is 2.39. The second kappa shape index (κ2) is 3.36. The molecule has 1 saturated heterocycles. The minimum absolute atomic E-state index is 0.187. The van der Waals surface area contributed by atoms with Crippen LogP contribution in [0.15, 0.2) is 17.3 Å². The zero-order valence-corrected chi connectivity index (χ0v) is 8.79. The molecule has 5 nitrogen and oxygen atoms in total. The first-order chi connectivity index (χ1) is 6.60. The molecule has 14 heavy (non-hydrogen) atoms. The molecule has 1 aliphatic rings. The van der Waals surface area contributed by atoms with E-state index in [0.29, 0.717) is 19.0 Å². The lowest BCUT2D eigenvalue weighted by Gasteiger charge is -2.13. The van der Waals surface area contributed by atoms with Gasteiger partial charge in [-0.15, -0.1) is 0 Å². The summed E-state index contributed by atoms with van der Waals surface area (Å²) < 4.78 is 25.3. The lowest BCUT2D eigenvalue weighted by Crippen LogP contribution is -2.28. The van der Waals surface area contributed by atoms with Gasteiger partial charge in [-0.1, -0.05) is 6.92 Å². The zero-order valence-electron chi connectivity index (χ0n) is 7.97. The molecule has 0 bridgehead atoms. The molecule has 2 rings (SSSR count). The predicted molar refractivity (Wildman–Crippen MR) is 51.1 cm³/mol. The van der Waals surface area contributed by atoms with Gasteiger partial charge in [0, 0.05) is 13.1 Å². The van der Waals surface area contributed by atoms with Crippen LogP contribution in [0, 0.1) is 5.92 Å². The summed E-state index contributed by atoms with van der Waals surface area (Å²) in [5.41, 5.74) is 0. The van der Waals surface area contributed by atoms with Crippen molar-refractivity contribution in [3.63, 3.8) is 0 Å². The summed E-state index contributed by atoms with van der Waals surface area (Å²) in [6.45, 7) is 3.28. The number of sulfonamides is 1. The molecule has 0 aliphatic carbocycles. The van der Waals surface area contributed by atoms with E-state index in [1.807, 2.05) is 0 Å². The van der Waals surface area contributed by atoms with Gasteiger partial charge >= 0.3 is 0 Å². The Balaban J connectivity index is 2.26. The third kappa shape index (κ3) is 1.55. The molecule has 0 radical (unpaired) electrons. The van der Waals surface area contributed by atoms with Crippen molar-refractivity contribution in [1.29, 1.82) is 0 Å². The van der Waals surface area contributed by atoms with Gasteiger partial charge in [-0.2, -0.15) is 9.40 Å². The number of hydrogen-bond acceptors (Lipinski definition) is 3. The highest BCUT2D eigenvalue weighted by Crippen LogP contribution is 2.22. The third-order valence-electron chi connectivity index (χ3n) is 2.48. The van der Waals surface area contributed by atoms with Crippen molar-refractivity contribution in [2.24, 2.45) is 5.92 Å². The summed E-state index contributed by atoms with van der Waals surface area (Å²) in [5.74, 6) is 0.452. The third-order valence-corrected chi connectivity index (χ3v) is 4.27. The number of hydrogen-bond donors (Lipinski definition) is 1. The Bertz CT molecular complexity index is 398. The maximum absolute atomic E-state index is 11.9. The summed E-state index contributed by atoms with van der Waals surface area (Å²) >= 11 is 0. The van der Waals surface area contributed by atoms with Gasteiger partial charge in [-0.25, -0.2) is 8.42 Å². The normalized spacial score (nSPS) is 24.2. The first kappa shape index (κ1) is 9.67. The Morgan fingerprint density at radius 3 is 2.93 bits per heavy atom. The highest BCUT2D eigenvalue weighted by molar-refractivity contribution is 7.89. The highest BCUT2D eigenvalue weighted by atomic mass is 32.2.